The minimum Gasteiger partial charge on any atom is -0.446 e. The van der Waals surface area contributed by atoms with Gasteiger partial charge in [-0.1, -0.05) is 0 Å². The van der Waals surface area contributed by atoms with Gasteiger partial charge in [0.2, 0.25) is 0 Å². The van der Waals surface area contributed by atoms with Crippen LogP contribution in [0.4, 0.5) is 5.82 Å². The van der Waals surface area contributed by atoms with E-state index >= 15 is 0 Å². The van der Waals surface area contributed by atoms with E-state index in [2.05, 4.69) is 27.6 Å². The van der Waals surface area contributed by atoms with Gasteiger partial charge in [0.1, 0.15) is 0 Å². The van der Waals surface area contributed by atoms with Crippen LogP contribution in [0.2, 0.25) is 0 Å². The fourth-order valence-corrected chi connectivity index (χ4v) is 1.51. The molecule has 0 saturated heterocycles. The second-order valence-electron chi connectivity index (χ2n) is 2.17. The molecule has 0 radical (unpaired) electrons. The van der Waals surface area contributed by atoms with E-state index in [-0.39, 0.29) is 0 Å². The first-order chi connectivity index (χ1) is 5.27. The molecule has 0 aliphatic carbocycles. The molecule has 4 heteroatoms. The molecule has 3 nitrogen and oxygen atoms in total. The van der Waals surface area contributed by atoms with Crippen LogP contribution in [0.15, 0.2) is 22.7 Å². The van der Waals surface area contributed by atoms with Gasteiger partial charge in [-0.3, -0.25) is 0 Å². The summed E-state index contributed by atoms with van der Waals surface area (Å²) in [6.45, 7) is 0. The number of fused-ring (bicyclic) bond motifs is 1. The van der Waals surface area contributed by atoms with Crippen molar-refractivity contribution < 1.29 is 4.42 Å². The third kappa shape index (κ3) is 1.07. The van der Waals surface area contributed by atoms with Gasteiger partial charge < -0.3 is 10.2 Å². The smallest absolute Gasteiger partial charge is 0.177 e. The average Bonchev–Trinajstić information content (AvgIpc) is 2.31. The molecule has 11 heavy (non-hydrogen) atoms. The summed E-state index contributed by atoms with van der Waals surface area (Å²) in [6.07, 6.45) is 1.67. The second-order valence-corrected chi connectivity index (χ2v) is 3.23. The summed E-state index contributed by atoms with van der Waals surface area (Å²) in [5, 5.41) is 1.00. The van der Waals surface area contributed by atoms with E-state index in [4.69, 9.17) is 10.2 Å². The Morgan fingerprint density at radius 1 is 1.55 bits per heavy atom. The zero-order valence-corrected chi connectivity index (χ0v) is 7.70. The predicted octanol–water partition coefficient (Wildman–Crippen LogP) is 2.01. The van der Waals surface area contributed by atoms with Crippen LogP contribution in [0.25, 0.3) is 11.0 Å². The maximum Gasteiger partial charge on any atom is 0.177 e. The number of nitrogens with two attached hydrogens (primary N) is 1. The lowest BCUT2D eigenvalue weighted by Gasteiger charge is -1.90. The van der Waals surface area contributed by atoms with Crippen molar-refractivity contribution in [2.45, 2.75) is 0 Å². The van der Waals surface area contributed by atoms with Crippen molar-refractivity contribution in [2.24, 2.45) is 0 Å². The first-order valence-corrected chi connectivity index (χ1v) is 4.15. The minimum atomic E-state index is 0.449. The molecular weight excluding hydrogens is 255 g/mol. The molecule has 0 fully saturated rings. The average molecular weight is 260 g/mol. The van der Waals surface area contributed by atoms with E-state index in [1.54, 1.807) is 6.20 Å². The van der Waals surface area contributed by atoms with Crippen molar-refractivity contribution >= 4 is 39.4 Å². The molecule has 0 unspecified atom stereocenters. The van der Waals surface area contributed by atoms with E-state index < -0.39 is 0 Å². The van der Waals surface area contributed by atoms with Crippen LogP contribution in [-0.4, -0.2) is 4.98 Å². The normalized spacial score (nSPS) is 10.6. The van der Waals surface area contributed by atoms with Gasteiger partial charge >= 0.3 is 0 Å². The SMILES string of the molecule is Nc1nccc2cc(I)oc12. The quantitative estimate of drug-likeness (QED) is 0.737. The molecule has 0 aliphatic heterocycles. The number of hydrogen-bond acceptors (Lipinski definition) is 3. The number of furan rings is 1. The summed E-state index contributed by atoms with van der Waals surface area (Å²) >= 11 is 2.10. The summed E-state index contributed by atoms with van der Waals surface area (Å²) in [5.41, 5.74) is 6.24. The Morgan fingerprint density at radius 3 is 3.09 bits per heavy atom. The van der Waals surface area contributed by atoms with Crippen LogP contribution in [-0.2, 0) is 0 Å². The zero-order valence-electron chi connectivity index (χ0n) is 5.54. The van der Waals surface area contributed by atoms with Crippen molar-refractivity contribution in [3.05, 3.63) is 22.1 Å². The third-order valence-electron chi connectivity index (χ3n) is 1.43. The summed E-state index contributed by atoms with van der Waals surface area (Å²) in [5.74, 6) is 0.449. The van der Waals surface area contributed by atoms with Gasteiger partial charge in [0.25, 0.3) is 0 Å². The summed E-state index contributed by atoms with van der Waals surface area (Å²) in [4.78, 5) is 3.90. The number of rotatable bonds is 0. The van der Waals surface area contributed by atoms with E-state index in [9.17, 15) is 0 Å². The monoisotopic (exact) mass is 260 g/mol. The van der Waals surface area contributed by atoms with E-state index in [1.807, 2.05) is 12.1 Å². The highest BCUT2D eigenvalue weighted by Gasteiger charge is 2.03. The zero-order chi connectivity index (χ0) is 7.84. The highest BCUT2D eigenvalue weighted by Crippen LogP contribution is 2.23. The van der Waals surface area contributed by atoms with Crippen LogP contribution in [0.5, 0.6) is 0 Å². The van der Waals surface area contributed by atoms with Gasteiger partial charge in [-0.25, -0.2) is 4.98 Å². The molecule has 0 atom stereocenters. The summed E-state index contributed by atoms with van der Waals surface area (Å²) in [7, 11) is 0. The van der Waals surface area contributed by atoms with Crippen LogP contribution in [0.3, 0.4) is 0 Å². The van der Waals surface area contributed by atoms with E-state index in [0.29, 0.717) is 11.4 Å². The topological polar surface area (TPSA) is 52.0 Å². The number of aromatic nitrogens is 1. The molecular formula is C7H5IN2O. The van der Waals surface area contributed by atoms with Crippen molar-refractivity contribution in [1.29, 1.82) is 0 Å². The molecule has 0 amide bonds. The molecule has 2 N–H and O–H groups in total. The number of nitrogen functional groups attached to an aromatic ring is 1. The Balaban J connectivity index is 2.90. The van der Waals surface area contributed by atoms with E-state index in [0.717, 1.165) is 9.15 Å². The molecule has 2 rings (SSSR count). The molecule has 0 spiro atoms. The Bertz CT molecular complexity index is 396. The largest absolute Gasteiger partial charge is 0.446 e. The first-order valence-electron chi connectivity index (χ1n) is 3.07. The highest BCUT2D eigenvalue weighted by atomic mass is 127. The number of nitrogens with zero attached hydrogens (tertiary/aromatic N) is 1. The Kier molecular flexibility index (Phi) is 1.49. The molecule has 0 aromatic carbocycles. The Labute approximate surface area is 76.7 Å². The Morgan fingerprint density at radius 2 is 2.36 bits per heavy atom. The molecule has 0 bridgehead atoms. The van der Waals surface area contributed by atoms with Gasteiger partial charge in [-0.15, -0.1) is 0 Å². The fourth-order valence-electron chi connectivity index (χ4n) is 0.954. The number of hydrogen-bond donors (Lipinski definition) is 1. The number of pyridine rings is 1. The van der Waals surface area contributed by atoms with Gasteiger partial charge in [0, 0.05) is 11.6 Å². The molecule has 56 valence electrons. The maximum absolute atomic E-state index is 5.56. The van der Waals surface area contributed by atoms with Gasteiger partial charge in [-0.2, -0.15) is 0 Å². The number of halogens is 1. The maximum atomic E-state index is 5.56. The lowest BCUT2D eigenvalue weighted by molar-refractivity contribution is 0.584. The Hall–Kier alpha value is -0.780. The van der Waals surface area contributed by atoms with Gasteiger partial charge in [0.15, 0.2) is 15.2 Å². The van der Waals surface area contributed by atoms with Crippen molar-refractivity contribution in [1.82, 2.24) is 4.98 Å². The van der Waals surface area contributed by atoms with Crippen molar-refractivity contribution in [2.75, 3.05) is 5.73 Å². The molecule has 2 heterocycles. The lowest BCUT2D eigenvalue weighted by atomic mass is 10.3. The standard InChI is InChI=1S/C7H5IN2O/c8-5-3-4-1-2-10-7(9)6(4)11-5/h1-3H,(H2,9,10). The highest BCUT2D eigenvalue weighted by molar-refractivity contribution is 14.1. The summed E-state index contributed by atoms with van der Waals surface area (Å²) < 4.78 is 6.13. The van der Waals surface area contributed by atoms with Crippen LogP contribution in [0.1, 0.15) is 0 Å². The molecule has 0 aliphatic rings. The minimum absolute atomic E-state index is 0.449. The van der Waals surface area contributed by atoms with Crippen LogP contribution >= 0.6 is 22.6 Å². The van der Waals surface area contributed by atoms with Gasteiger partial charge in [-0.05, 0) is 34.7 Å². The van der Waals surface area contributed by atoms with Crippen molar-refractivity contribution in [3.63, 3.8) is 0 Å². The predicted molar refractivity (Wildman–Crippen MR) is 51.1 cm³/mol. The van der Waals surface area contributed by atoms with Crippen molar-refractivity contribution in [3.8, 4) is 0 Å². The van der Waals surface area contributed by atoms with Gasteiger partial charge in [0.05, 0.1) is 0 Å². The molecule has 0 saturated carbocycles. The number of anilines is 1. The first kappa shape index (κ1) is 6.90. The second kappa shape index (κ2) is 2.37. The molecule has 2 aromatic rings. The van der Waals surface area contributed by atoms with Crippen LogP contribution in [0, 0.1) is 3.77 Å². The molecule has 2 aromatic heterocycles. The third-order valence-corrected chi connectivity index (χ3v) is 1.96. The fraction of sp³-hybridized carbons (Fsp3) is 0. The lowest BCUT2D eigenvalue weighted by Crippen LogP contribution is -1.87. The van der Waals surface area contributed by atoms with Crippen LogP contribution < -0.4 is 5.73 Å². The van der Waals surface area contributed by atoms with E-state index in [1.165, 1.54) is 0 Å². The summed E-state index contributed by atoms with van der Waals surface area (Å²) in [6, 6.07) is 3.80.